The number of nitrogens with one attached hydrogen (secondary N) is 1. The van der Waals surface area contributed by atoms with Gasteiger partial charge in [-0.1, -0.05) is 59.6 Å². The summed E-state index contributed by atoms with van der Waals surface area (Å²) >= 11 is 12.2. The number of halogens is 4. The molecule has 1 saturated heterocycles. The second-order valence-electron chi connectivity index (χ2n) is 8.77. The fraction of sp³-hybridized carbons (Fsp3) is 0.308. The molecule has 13 heteroatoms. The Hall–Kier alpha value is -2.34. The summed E-state index contributed by atoms with van der Waals surface area (Å²) in [5.74, 6) is -0.156. The topological polar surface area (TPSA) is 140 Å². The van der Waals surface area contributed by atoms with Gasteiger partial charge in [0.1, 0.15) is 24.5 Å². The molecule has 3 aromatic rings. The van der Waals surface area contributed by atoms with Crippen LogP contribution < -0.4 is 15.8 Å². The average Bonchev–Trinajstić information content (AvgIpc) is 2.86. The Balaban J connectivity index is 0.00000253. The molecular formula is C26H32Cl4N4O5. The fourth-order valence-electron chi connectivity index (χ4n) is 4.28. The van der Waals surface area contributed by atoms with Crippen LogP contribution in [0.2, 0.25) is 10.0 Å². The Morgan fingerprint density at radius 3 is 2.36 bits per heavy atom. The number of β-amino-alcohol motifs (C(OH)–C–C–N with tert-alkyl or cyclic N) is 1. The predicted molar refractivity (Wildman–Crippen MR) is 160 cm³/mol. The number of aliphatic hydroxyl groups is 1. The predicted octanol–water partition coefficient (Wildman–Crippen LogP) is 3.02. The third kappa shape index (κ3) is 9.37. The van der Waals surface area contributed by atoms with E-state index in [-0.39, 0.29) is 62.4 Å². The number of piperazine rings is 1. The molecule has 2 atom stereocenters. The van der Waals surface area contributed by atoms with Crippen molar-refractivity contribution in [1.82, 2.24) is 9.80 Å². The van der Waals surface area contributed by atoms with Crippen molar-refractivity contribution in [3.8, 4) is 5.75 Å². The van der Waals surface area contributed by atoms with E-state index < -0.39 is 18.1 Å². The fourth-order valence-corrected chi connectivity index (χ4v) is 4.77. The van der Waals surface area contributed by atoms with Crippen LogP contribution in [-0.4, -0.2) is 83.7 Å². The standard InChI is InChI=1S/C26H28Cl2N4O4.2ClH.H2O/c27-21-6-3-7-22(28)25(21)30-24(34)15-31-10-11-32(23(14-31)26(29)35)13-19(33)16-36-20-9-8-17-4-1-2-5-18(17)12-20;;;/h1-9,12,19,23,33H,10-11,13-16H2,(H2,29,35)(H,30,34);2*1H;1H2. The summed E-state index contributed by atoms with van der Waals surface area (Å²) in [5, 5.41) is 16.2. The van der Waals surface area contributed by atoms with Crippen LogP contribution in [0.1, 0.15) is 0 Å². The summed E-state index contributed by atoms with van der Waals surface area (Å²) in [6.45, 7) is 1.58. The number of carbonyl (C=O) groups excluding carboxylic acids is 2. The zero-order chi connectivity index (χ0) is 25.7. The second kappa shape index (κ2) is 16.1. The smallest absolute Gasteiger partial charge is 0.238 e. The lowest BCUT2D eigenvalue weighted by molar-refractivity contribution is -0.128. The summed E-state index contributed by atoms with van der Waals surface area (Å²) < 4.78 is 5.79. The first kappa shape index (κ1) is 34.7. The van der Waals surface area contributed by atoms with Gasteiger partial charge in [0.25, 0.3) is 0 Å². The normalized spacial score (nSPS) is 16.2. The van der Waals surface area contributed by atoms with E-state index in [1.165, 1.54) is 0 Å². The van der Waals surface area contributed by atoms with Crippen molar-refractivity contribution in [2.45, 2.75) is 12.1 Å². The largest absolute Gasteiger partial charge is 0.491 e. The molecule has 6 N–H and O–H groups in total. The molecule has 1 aliphatic heterocycles. The molecule has 39 heavy (non-hydrogen) atoms. The van der Waals surface area contributed by atoms with E-state index in [0.29, 0.717) is 34.6 Å². The van der Waals surface area contributed by atoms with Gasteiger partial charge in [-0.2, -0.15) is 0 Å². The number of hydrogen-bond acceptors (Lipinski definition) is 6. The monoisotopic (exact) mass is 620 g/mol. The van der Waals surface area contributed by atoms with Gasteiger partial charge >= 0.3 is 0 Å². The maximum atomic E-state index is 12.6. The van der Waals surface area contributed by atoms with Crippen LogP contribution in [0, 0.1) is 0 Å². The molecular weight excluding hydrogens is 590 g/mol. The number of primary amides is 1. The Kier molecular flexibility index (Phi) is 14.3. The number of fused-ring (bicyclic) bond motifs is 1. The SMILES string of the molecule is Cl.Cl.NC(=O)C1CN(CC(=O)Nc2c(Cl)cccc2Cl)CCN1CC(O)COc1ccc2ccccc2c1.O. The molecule has 0 aliphatic carbocycles. The second-order valence-corrected chi connectivity index (χ2v) is 9.58. The molecule has 2 unspecified atom stereocenters. The van der Waals surface area contributed by atoms with Crippen LogP contribution in [0.3, 0.4) is 0 Å². The summed E-state index contributed by atoms with van der Waals surface area (Å²) in [6, 6.07) is 18.0. The molecule has 214 valence electrons. The molecule has 1 fully saturated rings. The molecule has 3 aromatic carbocycles. The van der Waals surface area contributed by atoms with Gasteiger partial charge in [0.05, 0.1) is 22.3 Å². The zero-order valence-electron chi connectivity index (χ0n) is 20.9. The number of aliphatic hydroxyl groups excluding tert-OH is 1. The molecule has 0 bridgehead atoms. The number of amides is 2. The summed E-state index contributed by atoms with van der Waals surface area (Å²) in [4.78, 5) is 28.4. The number of nitrogens with zero attached hydrogens (tertiary/aromatic N) is 2. The maximum absolute atomic E-state index is 12.6. The number of rotatable bonds is 9. The van der Waals surface area contributed by atoms with E-state index in [9.17, 15) is 14.7 Å². The Bertz CT molecular complexity index is 1230. The quantitative estimate of drug-likeness (QED) is 0.336. The third-order valence-electron chi connectivity index (χ3n) is 6.11. The van der Waals surface area contributed by atoms with Crippen LogP contribution in [0.5, 0.6) is 5.75 Å². The maximum Gasteiger partial charge on any atom is 0.238 e. The van der Waals surface area contributed by atoms with Gasteiger partial charge in [-0.25, -0.2) is 0 Å². The lowest BCUT2D eigenvalue weighted by atomic mass is 10.1. The molecule has 1 aliphatic rings. The Morgan fingerprint density at radius 2 is 1.69 bits per heavy atom. The summed E-state index contributed by atoms with van der Waals surface area (Å²) in [7, 11) is 0. The van der Waals surface area contributed by atoms with Crippen molar-refractivity contribution in [2.24, 2.45) is 5.73 Å². The molecule has 4 rings (SSSR count). The zero-order valence-corrected chi connectivity index (χ0v) is 24.0. The van der Waals surface area contributed by atoms with E-state index in [0.717, 1.165) is 10.8 Å². The van der Waals surface area contributed by atoms with Crippen LogP contribution in [0.15, 0.2) is 60.7 Å². The molecule has 0 saturated carbocycles. The van der Waals surface area contributed by atoms with E-state index in [1.54, 1.807) is 18.2 Å². The first-order valence-corrected chi connectivity index (χ1v) is 12.3. The minimum Gasteiger partial charge on any atom is -0.491 e. The van der Waals surface area contributed by atoms with Crippen molar-refractivity contribution in [3.05, 3.63) is 70.7 Å². The van der Waals surface area contributed by atoms with Crippen molar-refractivity contribution in [2.75, 3.05) is 44.6 Å². The third-order valence-corrected chi connectivity index (χ3v) is 6.74. The average molecular weight is 622 g/mol. The van der Waals surface area contributed by atoms with Gasteiger partial charge in [0.2, 0.25) is 11.8 Å². The summed E-state index contributed by atoms with van der Waals surface area (Å²) in [5.41, 5.74) is 6.00. The number of nitrogens with two attached hydrogens (primary N) is 1. The van der Waals surface area contributed by atoms with Gasteiger partial charge < -0.3 is 26.4 Å². The van der Waals surface area contributed by atoms with Gasteiger partial charge in [-0.15, -0.1) is 24.8 Å². The van der Waals surface area contributed by atoms with Crippen LogP contribution in [-0.2, 0) is 9.59 Å². The first-order chi connectivity index (χ1) is 17.3. The van der Waals surface area contributed by atoms with Crippen LogP contribution in [0.25, 0.3) is 10.8 Å². The van der Waals surface area contributed by atoms with E-state index >= 15 is 0 Å². The number of para-hydroxylation sites is 1. The van der Waals surface area contributed by atoms with Gasteiger partial charge in [-0.3, -0.25) is 19.4 Å². The first-order valence-electron chi connectivity index (χ1n) is 11.6. The number of hydrogen-bond donors (Lipinski definition) is 3. The van der Waals surface area contributed by atoms with Gasteiger partial charge in [0.15, 0.2) is 0 Å². The Morgan fingerprint density at radius 1 is 1.03 bits per heavy atom. The minimum absolute atomic E-state index is 0. The van der Waals surface area contributed by atoms with Crippen molar-refractivity contribution in [1.29, 1.82) is 0 Å². The molecule has 0 aromatic heterocycles. The highest BCUT2D eigenvalue weighted by atomic mass is 35.5. The van der Waals surface area contributed by atoms with Crippen LogP contribution >= 0.6 is 48.0 Å². The van der Waals surface area contributed by atoms with Gasteiger partial charge in [-0.05, 0) is 35.0 Å². The summed E-state index contributed by atoms with van der Waals surface area (Å²) in [6.07, 6.45) is -0.824. The van der Waals surface area contributed by atoms with Crippen LogP contribution in [0.4, 0.5) is 5.69 Å². The highest BCUT2D eigenvalue weighted by Crippen LogP contribution is 2.29. The highest BCUT2D eigenvalue weighted by Gasteiger charge is 2.33. The molecule has 2 amide bonds. The van der Waals surface area contributed by atoms with E-state index in [2.05, 4.69) is 5.32 Å². The van der Waals surface area contributed by atoms with Crippen molar-refractivity contribution >= 4 is 76.3 Å². The number of benzene rings is 3. The number of anilines is 1. The van der Waals surface area contributed by atoms with Crippen molar-refractivity contribution in [3.63, 3.8) is 0 Å². The van der Waals surface area contributed by atoms with E-state index in [1.807, 2.05) is 52.3 Å². The number of ether oxygens (including phenoxy) is 1. The number of carbonyl (C=O) groups is 2. The van der Waals surface area contributed by atoms with Gasteiger partial charge in [0, 0.05) is 26.2 Å². The minimum atomic E-state index is -0.824. The lowest BCUT2D eigenvalue weighted by Crippen LogP contribution is -2.60. The molecule has 9 nitrogen and oxygen atoms in total. The lowest BCUT2D eigenvalue weighted by Gasteiger charge is -2.40. The Labute approximate surface area is 249 Å². The van der Waals surface area contributed by atoms with E-state index in [4.69, 9.17) is 33.7 Å². The molecule has 0 radical (unpaired) electrons. The molecule has 1 heterocycles. The highest BCUT2D eigenvalue weighted by molar-refractivity contribution is 6.39. The van der Waals surface area contributed by atoms with Crippen molar-refractivity contribution < 1.29 is 24.9 Å². The molecule has 0 spiro atoms.